The second-order valence-corrected chi connectivity index (χ2v) is 4.82. The average molecular weight is 308 g/mol. The molecule has 2 unspecified atom stereocenters. The third kappa shape index (κ3) is 3.41. The molecule has 0 aliphatic rings. The van der Waals surface area contributed by atoms with Crippen molar-refractivity contribution in [2.24, 2.45) is 0 Å². The summed E-state index contributed by atoms with van der Waals surface area (Å²) in [7, 11) is 0. The Balaban J connectivity index is 2.62. The van der Waals surface area contributed by atoms with Gasteiger partial charge in [-0.2, -0.15) is 0 Å². The highest BCUT2D eigenvalue weighted by atomic mass is 79.9. The molecule has 1 N–H and O–H groups in total. The van der Waals surface area contributed by atoms with Crippen molar-refractivity contribution in [3.05, 3.63) is 35.9 Å². The fourth-order valence-electron chi connectivity index (χ4n) is 1.12. The number of aliphatic hydroxyl groups is 1. The van der Waals surface area contributed by atoms with Gasteiger partial charge in [0.05, 0.1) is 6.10 Å². The lowest BCUT2D eigenvalue weighted by atomic mass is 10.1. The molecular formula is C10H12Br2O. The van der Waals surface area contributed by atoms with Gasteiger partial charge in [-0.15, -0.1) is 0 Å². The molecule has 0 heterocycles. The fourth-order valence-corrected chi connectivity index (χ4v) is 2.76. The molecule has 0 spiro atoms. The predicted octanol–water partition coefficient (Wildman–Crippen LogP) is 3.27. The number of alkyl halides is 2. The van der Waals surface area contributed by atoms with Gasteiger partial charge < -0.3 is 5.11 Å². The quantitative estimate of drug-likeness (QED) is 0.847. The maximum atomic E-state index is 9.85. The fraction of sp³-hybridized carbons (Fsp3) is 0.400. The number of rotatable bonds is 4. The third-order valence-electron chi connectivity index (χ3n) is 1.87. The second-order valence-electron chi connectivity index (χ2n) is 2.85. The molecule has 0 radical (unpaired) electrons. The predicted molar refractivity (Wildman–Crippen MR) is 62.5 cm³/mol. The minimum atomic E-state index is -0.418. The molecule has 0 bridgehead atoms. The maximum Gasteiger partial charge on any atom is 0.0915 e. The van der Waals surface area contributed by atoms with Gasteiger partial charge in [-0.05, 0) is 12.0 Å². The molecule has 0 aliphatic heterocycles. The van der Waals surface area contributed by atoms with Crippen LogP contribution >= 0.6 is 31.9 Å². The molecule has 13 heavy (non-hydrogen) atoms. The van der Waals surface area contributed by atoms with Crippen molar-refractivity contribution in [3.8, 4) is 0 Å². The molecule has 3 heteroatoms. The van der Waals surface area contributed by atoms with Crippen LogP contribution in [0.4, 0.5) is 0 Å². The Labute approximate surface area is 95.4 Å². The SMILES string of the molecule is OC(c1ccccc1)C(Br)CCBr. The molecule has 0 saturated carbocycles. The lowest BCUT2D eigenvalue weighted by molar-refractivity contribution is 0.175. The lowest BCUT2D eigenvalue weighted by Gasteiger charge is -2.16. The monoisotopic (exact) mass is 306 g/mol. The molecule has 1 nitrogen and oxygen atoms in total. The van der Waals surface area contributed by atoms with E-state index < -0.39 is 6.10 Å². The summed E-state index contributed by atoms with van der Waals surface area (Å²) in [4.78, 5) is 0.120. The van der Waals surface area contributed by atoms with E-state index in [1.807, 2.05) is 30.3 Å². The topological polar surface area (TPSA) is 20.2 Å². The molecule has 0 amide bonds. The zero-order chi connectivity index (χ0) is 9.68. The first kappa shape index (κ1) is 11.2. The van der Waals surface area contributed by atoms with Gasteiger partial charge in [-0.3, -0.25) is 0 Å². The zero-order valence-electron chi connectivity index (χ0n) is 7.16. The van der Waals surface area contributed by atoms with Crippen LogP contribution in [0.2, 0.25) is 0 Å². The summed E-state index contributed by atoms with van der Waals surface area (Å²) in [5.41, 5.74) is 0.963. The Bertz CT molecular complexity index is 238. The Morgan fingerprint density at radius 2 is 1.85 bits per heavy atom. The summed E-state index contributed by atoms with van der Waals surface area (Å²) >= 11 is 6.81. The van der Waals surface area contributed by atoms with E-state index in [1.54, 1.807) is 0 Å². The van der Waals surface area contributed by atoms with Crippen LogP contribution in [-0.2, 0) is 0 Å². The van der Waals surface area contributed by atoms with Crippen molar-refractivity contribution in [3.63, 3.8) is 0 Å². The molecule has 0 aliphatic carbocycles. The summed E-state index contributed by atoms with van der Waals surface area (Å²) in [5, 5.41) is 10.7. The van der Waals surface area contributed by atoms with E-state index in [9.17, 15) is 5.11 Å². The van der Waals surface area contributed by atoms with Crippen LogP contribution in [0.15, 0.2) is 30.3 Å². The van der Waals surface area contributed by atoms with Gasteiger partial charge in [0.25, 0.3) is 0 Å². The number of hydrogen-bond donors (Lipinski definition) is 1. The van der Waals surface area contributed by atoms with Crippen molar-refractivity contribution in [1.29, 1.82) is 0 Å². The highest BCUT2D eigenvalue weighted by molar-refractivity contribution is 9.10. The van der Waals surface area contributed by atoms with Crippen LogP contribution in [0.1, 0.15) is 18.1 Å². The Kier molecular flexibility index (Phi) is 4.99. The van der Waals surface area contributed by atoms with E-state index in [0.717, 1.165) is 17.3 Å². The van der Waals surface area contributed by atoms with E-state index in [4.69, 9.17) is 0 Å². The molecule has 1 aromatic rings. The summed E-state index contributed by atoms with van der Waals surface area (Å²) in [6, 6.07) is 9.70. The van der Waals surface area contributed by atoms with Crippen molar-refractivity contribution < 1.29 is 5.11 Å². The summed E-state index contributed by atoms with van der Waals surface area (Å²) in [6.07, 6.45) is 0.495. The first-order chi connectivity index (χ1) is 6.25. The van der Waals surface area contributed by atoms with E-state index in [1.165, 1.54) is 0 Å². The normalized spacial score (nSPS) is 15.3. The highest BCUT2D eigenvalue weighted by Crippen LogP contribution is 2.24. The first-order valence-electron chi connectivity index (χ1n) is 4.18. The smallest absolute Gasteiger partial charge is 0.0915 e. The minimum absolute atomic E-state index is 0.120. The van der Waals surface area contributed by atoms with Gasteiger partial charge in [-0.25, -0.2) is 0 Å². The number of benzene rings is 1. The van der Waals surface area contributed by atoms with E-state index in [-0.39, 0.29) is 4.83 Å². The molecule has 0 fully saturated rings. The van der Waals surface area contributed by atoms with Gasteiger partial charge in [0, 0.05) is 10.2 Å². The van der Waals surface area contributed by atoms with Crippen LogP contribution in [-0.4, -0.2) is 15.3 Å². The van der Waals surface area contributed by atoms with Crippen LogP contribution < -0.4 is 0 Å². The zero-order valence-corrected chi connectivity index (χ0v) is 10.3. The lowest BCUT2D eigenvalue weighted by Crippen LogP contribution is -2.12. The third-order valence-corrected chi connectivity index (χ3v) is 3.29. The van der Waals surface area contributed by atoms with Crippen molar-refractivity contribution in [2.45, 2.75) is 17.4 Å². The number of halogens is 2. The molecule has 72 valence electrons. The van der Waals surface area contributed by atoms with Gasteiger partial charge >= 0.3 is 0 Å². The van der Waals surface area contributed by atoms with Gasteiger partial charge in [0.15, 0.2) is 0 Å². The Morgan fingerprint density at radius 3 is 2.38 bits per heavy atom. The van der Waals surface area contributed by atoms with E-state index >= 15 is 0 Å². The van der Waals surface area contributed by atoms with Gasteiger partial charge in [0.2, 0.25) is 0 Å². The van der Waals surface area contributed by atoms with Crippen molar-refractivity contribution >= 4 is 31.9 Å². The van der Waals surface area contributed by atoms with Gasteiger partial charge in [-0.1, -0.05) is 62.2 Å². The Morgan fingerprint density at radius 1 is 1.23 bits per heavy atom. The minimum Gasteiger partial charge on any atom is -0.387 e. The largest absolute Gasteiger partial charge is 0.387 e. The van der Waals surface area contributed by atoms with Crippen molar-refractivity contribution in [1.82, 2.24) is 0 Å². The maximum absolute atomic E-state index is 9.85. The highest BCUT2D eigenvalue weighted by Gasteiger charge is 2.16. The van der Waals surface area contributed by atoms with Crippen molar-refractivity contribution in [2.75, 3.05) is 5.33 Å². The van der Waals surface area contributed by atoms with E-state index in [2.05, 4.69) is 31.9 Å². The molecule has 0 aromatic heterocycles. The molecular weight excluding hydrogens is 296 g/mol. The Hall–Kier alpha value is 0.140. The number of hydrogen-bond acceptors (Lipinski definition) is 1. The summed E-state index contributed by atoms with van der Waals surface area (Å²) in [5.74, 6) is 0. The molecule has 2 atom stereocenters. The van der Waals surface area contributed by atoms with Crippen LogP contribution in [0.5, 0.6) is 0 Å². The first-order valence-corrected chi connectivity index (χ1v) is 6.22. The summed E-state index contributed by atoms with van der Waals surface area (Å²) in [6.45, 7) is 0. The molecule has 1 aromatic carbocycles. The summed E-state index contributed by atoms with van der Waals surface area (Å²) < 4.78 is 0. The van der Waals surface area contributed by atoms with Gasteiger partial charge in [0.1, 0.15) is 0 Å². The molecule has 1 rings (SSSR count). The standard InChI is InChI=1S/C10H12Br2O/c11-7-6-9(12)10(13)8-4-2-1-3-5-8/h1-5,9-10,13H,6-7H2. The second kappa shape index (κ2) is 5.78. The van der Waals surface area contributed by atoms with Crippen LogP contribution in [0.3, 0.4) is 0 Å². The average Bonchev–Trinajstić information content (AvgIpc) is 2.18. The van der Waals surface area contributed by atoms with Crippen LogP contribution in [0, 0.1) is 0 Å². The number of aliphatic hydroxyl groups excluding tert-OH is 1. The van der Waals surface area contributed by atoms with E-state index in [0.29, 0.717) is 0 Å². The molecule has 0 saturated heterocycles. The van der Waals surface area contributed by atoms with Crippen LogP contribution in [0.25, 0.3) is 0 Å².